The first-order valence-electron chi connectivity index (χ1n) is 7.40. The van der Waals surface area contributed by atoms with Crippen molar-refractivity contribution in [2.45, 2.75) is 4.90 Å². The van der Waals surface area contributed by atoms with Gasteiger partial charge in [0.1, 0.15) is 16.4 Å². The van der Waals surface area contributed by atoms with Crippen LogP contribution in [0.4, 0.5) is 10.1 Å². The van der Waals surface area contributed by atoms with E-state index in [0.29, 0.717) is 13.2 Å². The van der Waals surface area contributed by atoms with Crippen LogP contribution < -0.4 is 5.32 Å². The highest BCUT2D eigenvalue weighted by atomic mass is 35.5. The summed E-state index contributed by atoms with van der Waals surface area (Å²) < 4.78 is 45.2. The number of carbonyl (C=O) groups is 1. The number of halogens is 2. The predicted molar refractivity (Wildman–Crippen MR) is 89.7 cm³/mol. The molecule has 7 nitrogen and oxygen atoms in total. The van der Waals surface area contributed by atoms with Gasteiger partial charge in [-0.3, -0.25) is 4.79 Å². The lowest BCUT2D eigenvalue weighted by Crippen LogP contribution is -2.40. The number of carbonyl (C=O) groups excluding carboxylic acids is 1. The van der Waals surface area contributed by atoms with E-state index < -0.39 is 21.7 Å². The molecule has 0 aliphatic carbocycles. The molecule has 0 saturated carbocycles. The summed E-state index contributed by atoms with van der Waals surface area (Å²) in [5.41, 5.74) is -0.0530. The topological polar surface area (TPSA) is 91.5 Å². The van der Waals surface area contributed by atoms with Gasteiger partial charge < -0.3 is 15.0 Å². The van der Waals surface area contributed by atoms with Gasteiger partial charge in [-0.15, -0.1) is 0 Å². The number of aromatic nitrogens is 1. The fourth-order valence-electron chi connectivity index (χ4n) is 2.37. The number of hydrogen-bond donors (Lipinski definition) is 2. The first kappa shape index (κ1) is 17.9. The summed E-state index contributed by atoms with van der Waals surface area (Å²) in [5.74, 6) is -1.35. The minimum atomic E-state index is -3.71. The van der Waals surface area contributed by atoms with E-state index in [4.69, 9.17) is 16.3 Å². The lowest BCUT2D eigenvalue weighted by molar-refractivity contribution is 0.0730. The second kappa shape index (κ2) is 7.12. The number of nitrogens with zero attached hydrogens (tertiary/aromatic N) is 1. The van der Waals surface area contributed by atoms with Crippen LogP contribution in [-0.2, 0) is 14.8 Å². The number of nitrogens with one attached hydrogen (secondary N) is 2. The number of benzene rings is 1. The van der Waals surface area contributed by atoms with Crippen LogP contribution in [0.15, 0.2) is 35.4 Å². The van der Waals surface area contributed by atoms with Gasteiger partial charge in [0.2, 0.25) is 10.0 Å². The zero-order valence-electron chi connectivity index (χ0n) is 13.0. The Kier molecular flexibility index (Phi) is 5.09. The monoisotopic (exact) mass is 387 g/mol. The number of rotatable bonds is 4. The maximum absolute atomic E-state index is 13.7. The van der Waals surface area contributed by atoms with Crippen molar-refractivity contribution in [3.8, 4) is 0 Å². The van der Waals surface area contributed by atoms with Gasteiger partial charge in [0.25, 0.3) is 5.91 Å². The fourth-order valence-corrected chi connectivity index (χ4v) is 3.93. The van der Waals surface area contributed by atoms with Gasteiger partial charge >= 0.3 is 0 Å². The first-order valence-corrected chi connectivity index (χ1v) is 9.22. The van der Waals surface area contributed by atoms with Crippen molar-refractivity contribution >= 4 is 33.2 Å². The van der Waals surface area contributed by atoms with Crippen molar-refractivity contribution in [3.05, 3.63) is 47.0 Å². The van der Waals surface area contributed by atoms with Crippen LogP contribution in [0.3, 0.4) is 0 Å². The molecule has 0 spiro atoms. The van der Waals surface area contributed by atoms with Crippen LogP contribution in [0.25, 0.3) is 0 Å². The lowest BCUT2D eigenvalue weighted by atomic mass is 10.3. The zero-order chi connectivity index (χ0) is 18.0. The number of anilines is 1. The summed E-state index contributed by atoms with van der Waals surface area (Å²) in [6.07, 6.45) is 1.23. The Hall–Kier alpha value is -1.94. The average Bonchev–Trinajstić information content (AvgIpc) is 3.09. The van der Waals surface area contributed by atoms with Crippen molar-refractivity contribution in [2.24, 2.45) is 0 Å². The van der Waals surface area contributed by atoms with Gasteiger partial charge in [0, 0.05) is 24.3 Å². The molecule has 1 aromatic heterocycles. The molecule has 1 amide bonds. The molecule has 0 unspecified atom stereocenters. The molecule has 25 heavy (non-hydrogen) atoms. The Morgan fingerprint density at radius 1 is 1.28 bits per heavy atom. The Bertz CT molecular complexity index is 894. The van der Waals surface area contributed by atoms with E-state index in [1.165, 1.54) is 28.7 Å². The molecule has 2 aromatic rings. The zero-order valence-corrected chi connectivity index (χ0v) is 14.5. The van der Waals surface area contributed by atoms with Gasteiger partial charge in [-0.1, -0.05) is 11.6 Å². The van der Waals surface area contributed by atoms with E-state index in [-0.39, 0.29) is 34.4 Å². The number of morpholine rings is 1. The van der Waals surface area contributed by atoms with E-state index in [1.54, 1.807) is 0 Å². The second-order valence-electron chi connectivity index (χ2n) is 5.34. The van der Waals surface area contributed by atoms with Crippen molar-refractivity contribution < 1.29 is 22.3 Å². The highest BCUT2D eigenvalue weighted by Crippen LogP contribution is 2.21. The summed E-state index contributed by atoms with van der Waals surface area (Å²) in [7, 11) is -3.71. The van der Waals surface area contributed by atoms with Crippen LogP contribution in [0, 0.1) is 5.82 Å². The number of aromatic amines is 1. The van der Waals surface area contributed by atoms with Gasteiger partial charge in [-0.05, 0) is 24.3 Å². The molecule has 134 valence electrons. The first-order chi connectivity index (χ1) is 11.9. The highest BCUT2D eigenvalue weighted by Gasteiger charge is 2.28. The minimum Gasteiger partial charge on any atom is -0.379 e. The molecule has 1 fully saturated rings. The van der Waals surface area contributed by atoms with Crippen LogP contribution in [0.2, 0.25) is 5.02 Å². The quantitative estimate of drug-likeness (QED) is 0.840. The molecule has 0 atom stereocenters. The van der Waals surface area contributed by atoms with E-state index >= 15 is 0 Å². The van der Waals surface area contributed by atoms with Crippen LogP contribution in [-0.4, -0.2) is 49.9 Å². The van der Waals surface area contributed by atoms with Crippen molar-refractivity contribution in [1.82, 2.24) is 9.29 Å². The van der Waals surface area contributed by atoms with E-state index in [2.05, 4.69) is 10.3 Å². The van der Waals surface area contributed by atoms with Gasteiger partial charge in [0.15, 0.2) is 0 Å². The smallest absolute Gasteiger partial charge is 0.272 e. The lowest BCUT2D eigenvalue weighted by Gasteiger charge is -2.25. The molecule has 1 aliphatic rings. The van der Waals surface area contributed by atoms with Gasteiger partial charge in [-0.2, -0.15) is 4.31 Å². The molecule has 1 aromatic carbocycles. The molecular weight excluding hydrogens is 373 g/mol. The van der Waals surface area contributed by atoms with Crippen molar-refractivity contribution in [1.29, 1.82) is 0 Å². The minimum absolute atomic E-state index is 0.00110. The van der Waals surface area contributed by atoms with E-state index in [0.717, 1.165) is 6.07 Å². The van der Waals surface area contributed by atoms with Crippen molar-refractivity contribution in [2.75, 3.05) is 31.6 Å². The van der Waals surface area contributed by atoms with Gasteiger partial charge in [-0.25, -0.2) is 12.8 Å². The molecule has 2 heterocycles. The largest absolute Gasteiger partial charge is 0.379 e. The van der Waals surface area contributed by atoms with E-state index in [9.17, 15) is 17.6 Å². The highest BCUT2D eigenvalue weighted by molar-refractivity contribution is 7.89. The number of amides is 1. The summed E-state index contributed by atoms with van der Waals surface area (Å²) in [5, 5.41) is 2.57. The Morgan fingerprint density at radius 3 is 2.68 bits per heavy atom. The Morgan fingerprint density at radius 2 is 2.00 bits per heavy atom. The predicted octanol–water partition coefficient (Wildman–Crippen LogP) is 2.08. The molecule has 1 saturated heterocycles. The Balaban J connectivity index is 1.77. The third kappa shape index (κ3) is 3.84. The summed E-state index contributed by atoms with van der Waals surface area (Å²) >= 11 is 5.66. The third-order valence-electron chi connectivity index (χ3n) is 3.69. The standard InChI is InChI=1S/C15H15ClFN3O4S/c16-10-1-2-13(12(17)7-10)19-15(21)14-8-11(9-18-14)25(22,23)20-3-5-24-6-4-20/h1-2,7-9,18H,3-6H2,(H,19,21). The molecule has 1 aliphatic heterocycles. The fraction of sp³-hybridized carbons (Fsp3) is 0.267. The second-order valence-corrected chi connectivity index (χ2v) is 7.72. The average molecular weight is 388 g/mol. The number of sulfonamides is 1. The SMILES string of the molecule is O=C(Nc1ccc(Cl)cc1F)c1cc(S(=O)(=O)N2CCOCC2)c[nH]1. The summed E-state index contributed by atoms with van der Waals surface area (Å²) in [6, 6.07) is 5.04. The number of ether oxygens (including phenoxy) is 1. The Labute approximate surface area is 148 Å². The molecular formula is C15H15ClFN3O4S. The molecule has 0 bridgehead atoms. The van der Waals surface area contributed by atoms with Crippen LogP contribution >= 0.6 is 11.6 Å². The third-order valence-corrected chi connectivity index (χ3v) is 5.80. The molecule has 3 rings (SSSR count). The van der Waals surface area contributed by atoms with E-state index in [1.807, 2.05) is 0 Å². The van der Waals surface area contributed by atoms with Crippen LogP contribution in [0.5, 0.6) is 0 Å². The number of hydrogen-bond acceptors (Lipinski definition) is 4. The normalized spacial score (nSPS) is 15.9. The summed E-state index contributed by atoms with van der Waals surface area (Å²) in [4.78, 5) is 14.8. The molecule has 2 N–H and O–H groups in total. The van der Waals surface area contributed by atoms with Crippen molar-refractivity contribution in [3.63, 3.8) is 0 Å². The number of H-pyrrole nitrogens is 1. The molecule has 0 radical (unpaired) electrons. The molecule has 10 heteroatoms. The van der Waals surface area contributed by atoms with Crippen LogP contribution in [0.1, 0.15) is 10.5 Å². The maximum atomic E-state index is 13.7. The van der Waals surface area contributed by atoms with Gasteiger partial charge in [0.05, 0.1) is 18.9 Å². The summed E-state index contributed by atoms with van der Waals surface area (Å²) in [6.45, 7) is 1.16. The maximum Gasteiger partial charge on any atom is 0.272 e.